The van der Waals surface area contributed by atoms with Gasteiger partial charge in [-0.2, -0.15) is 0 Å². The maximum Gasteiger partial charge on any atom is 0.168 e. The molecule has 132 valence electrons. The van der Waals surface area contributed by atoms with Gasteiger partial charge in [-0.1, -0.05) is 90.4 Å². The third-order valence-corrected chi connectivity index (χ3v) is 4.87. The molecule has 0 atom stereocenters. The van der Waals surface area contributed by atoms with Crippen LogP contribution in [0.5, 0.6) is 0 Å². The summed E-state index contributed by atoms with van der Waals surface area (Å²) in [6.45, 7) is 2.29. The normalized spacial score (nSPS) is 11.0. The van der Waals surface area contributed by atoms with E-state index in [0.29, 0.717) is 0 Å². The number of hydrogen-bond acceptors (Lipinski definition) is 0. The van der Waals surface area contributed by atoms with E-state index in [2.05, 4.69) is 43.1 Å². The highest BCUT2D eigenvalue weighted by atomic mass is 14.9. The molecular weight excluding hydrogens is 278 g/mol. The monoisotopic (exact) mass is 318 g/mol. The number of nitrogens with zero attached hydrogens (tertiary/aromatic N) is 1. The summed E-state index contributed by atoms with van der Waals surface area (Å²) in [7, 11) is 2.08. The molecule has 1 aromatic rings. The van der Waals surface area contributed by atoms with Crippen LogP contribution in [0, 0.1) is 0 Å². The Bertz CT molecular complexity index is 355. The molecular formula is C22H40N+. The first-order valence-corrected chi connectivity index (χ1v) is 10.3. The Balaban J connectivity index is 1.77. The molecule has 1 aromatic heterocycles. The number of hydrogen-bond donors (Lipinski definition) is 0. The van der Waals surface area contributed by atoms with Crippen molar-refractivity contribution in [2.75, 3.05) is 0 Å². The van der Waals surface area contributed by atoms with Crippen molar-refractivity contribution < 1.29 is 4.57 Å². The van der Waals surface area contributed by atoms with Crippen LogP contribution >= 0.6 is 0 Å². The highest BCUT2D eigenvalue weighted by Gasteiger charge is 1.97. The minimum absolute atomic E-state index is 1.25. The van der Waals surface area contributed by atoms with Gasteiger partial charge in [0.15, 0.2) is 12.4 Å². The number of rotatable bonds is 15. The van der Waals surface area contributed by atoms with Gasteiger partial charge in [0.05, 0.1) is 0 Å². The van der Waals surface area contributed by atoms with Gasteiger partial charge in [-0.15, -0.1) is 0 Å². The van der Waals surface area contributed by atoms with Gasteiger partial charge in [-0.05, 0) is 18.4 Å². The van der Waals surface area contributed by atoms with Crippen molar-refractivity contribution in [2.45, 2.75) is 103 Å². The molecule has 0 spiro atoms. The molecule has 1 heterocycles. The van der Waals surface area contributed by atoms with Crippen LogP contribution < -0.4 is 4.57 Å². The van der Waals surface area contributed by atoms with Crippen molar-refractivity contribution in [3.8, 4) is 0 Å². The Hall–Kier alpha value is -0.850. The molecule has 23 heavy (non-hydrogen) atoms. The van der Waals surface area contributed by atoms with E-state index in [0.717, 1.165) is 0 Å². The molecule has 0 aliphatic rings. The molecule has 0 radical (unpaired) electrons. The first kappa shape index (κ1) is 20.2. The molecule has 0 amide bonds. The first-order chi connectivity index (χ1) is 11.3. The Morgan fingerprint density at radius 2 is 1.00 bits per heavy atom. The molecule has 0 bridgehead atoms. The van der Waals surface area contributed by atoms with Crippen molar-refractivity contribution in [3.05, 3.63) is 30.1 Å². The van der Waals surface area contributed by atoms with Gasteiger partial charge >= 0.3 is 0 Å². The van der Waals surface area contributed by atoms with Gasteiger partial charge in [0.2, 0.25) is 0 Å². The maximum atomic E-state index is 2.29. The van der Waals surface area contributed by atoms with E-state index in [4.69, 9.17) is 0 Å². The molecule has 1 nitrogen and oxygen atoms in total. The van der Waals surface area contributed by atoms with Crippen LogP contribution in [-0.4, -0.2) is 0 Å². The minimum Gasteiger partial charge on any atom is -0.208 e. The SMILES string of the molecule is CCCCCCCCCCCCCCCCc1cc[n+](C)cc1. The second kappa shape index (κ2) is 14.7. The van der Waals surface area contributed by atoms with Crippen LogP contribution in [0.3, 0.4) is 0 Å². The van der Waals surface area contributed by atoms with Gasteiger partial charge in [-0.3, -0.25) is 0 Å². The lowest BCUT2D eigenvalue weighted by Gasteiger charge is -2.03. The number of unbranched alkanes of at least 4 members (excludes halogenated alkanes) is 13. The fourth-order valence-corrected chi connectivity index (χ4v) is 3.22. The summed E-state index contributed by atoms with van der Waals surface area (Å²) >= 11 is 0. The van der Waals surface area contributed by atoms with E-state index >= 15 is 0 Å². The van der Waals surface area contributed by atoms with E-state index in [-0.39, 0.29) is 0 Å². The van der Waals surface area contributed by atoms with Gasteiger partial charge < -0.3 is 0 Å². The zero-order chi connectivity index (χ0) is 16.6. The summed E-state index contributed by atoms with van der Waals surface area (Å²) in [6.07, 6.45) is 25.7. The predicted molar refractivity (Wildman–Crippen MR) is 102 cm³/mol. The zero-order valence-corrected chi connectivity index (χ0v) is 15.9. The van der Waals surface area contributed by atoms with Gasteiger partial charge in [-0.25, -0.2) is 4.57 Å². The number of pyridine rings is 1. The smallest absolute Gasteiger partial charge is 0.168 e. The topological polar surface area (TPSA) is 3.88 Å². The maximum absolute atomic E-state index is 2.29. The van der Waals surface area contributed by atoms with E-state index in [1.54, 1.807) is 0 Å². The lowest BCUT2D eigenvalue weighted by molar-refractivity contribution is -0.671. The second-order valence-corrected chi connectivity index (χ2v) is 7.22. The zero-order valence-electron chi connectivity index (χ0n) is 15.9. The molecule has 1 rings (SSSR count). The van der Waals surface area contributed by atoms with E-state index in [9.17, 15) is 0 Å². The van der Waals surface area contributed by atoms with E-state index in [1.807, 2.05) is 0 Å². The summed E-state index contributed by atoms with van der Waals surface area (Å²) in [5.74, 6) is 0. The minimum atomic E-state index is 1.25. The number of aryl methyl sites for hydroxylation is 2. The van der Waals surface area contributed by atoms with Gasteiger partial charge in [0, 0.05) is 12.1 Å². The summed E-state index contributed by atoms with van der Waals surface area (Å²) in [6, 6.07) is 4.50. The second-order valence-electron chi connectivity index (χ2n) is 7.22. The highest BCUT2D eigenvalue weighted by Crippen LogP contribution is 2.13. The average molecular weight is 319 g/mol. The Morgan fingerprint density at radius 3 is 1.43 bits per heavy atom. The lowest BCUT2D eigenvalue weighted by atomic mass is 10.0. The third kappa shape index (κ3) is 12.3. The molecule has 0 aliphatic heterocycles. The molecule has 0 saturated carbocycles. The lowest BCUT2D eigenvalue weighted by Crippen LogP contribution is -2.25. The fraction of sp³-hybridized carbons (Fsp3) is 0.773. The van der Waals surface area contributed by atoms with Crippen LogP contribution in [0.2, 0.25) is 0 Å². The molecule has 0 aromatic carbocycles. The summed E-state index contributed by atoms with van der Waals surface area (Å²) in [5.41, 5.74) is 1.49. The third-order valence-electron chi connectivity index (χ3n) is 4.87. The largest absolute Gasteiger partial charge is 0.208 e. The standard InChI is InChI=1S/C22H40N/c1-3-4-5-6-7-8-9-10-11-12-13-14-15-16-17-22-18-20-23(2)21-19-22/h18-21H,3-17H2,1-2H3/q+1. The van der Waals surface area contributed by atoms with Crippen LogP contribution in [0.25, 0.3) is 0 Å². The van der Waals surface area contributed by atoms with Crippen molar-refractivity contribution in [1.82, 2.24) is 0 Å². The molecule has 0 N–H and O–H groups in total. The molecule has 0 aliphatic carbocycles. The average Bonchev–Trinajstić information content (AvgIpc) is 2.57. The van der Waals surface area contributed by atoms with Crippen molar-refractivity contribution >= 4 is 0 Å². The van der Waals surface area contributed by atoms with Crippen LogP contribution in [0.1, 0.15) is 102 Å². The van der Waals surface area contributed by atoms with Crippen LogP contribution in [0.15, 0.2) is 24.5 Å². The molecule has 0 saturated heterocycles. The van der Waals surface area contributed by atoms with Crippen molar-refractivity contribution in [1.29, 1.82) is 0 Å². The van der Waals surface area contributed by atoms with E-state index in [1.165, 1.54) is 102 Å². The summed E-state index contributed by atoms with van der Waals surface area (Å²) < 4.78 is 2.11. The number of aromatic nitrogens is 1. The highest BCUT2D eigenvalue weighted by molar-refractivity contribution is 5.06. The predicted octanol–water partition coefficient (Wildman–Crippen LogP) is 6.53. The molecule has 1 heteroatoms. The Kier molecular flexibility index (Phi) is 12.9. The van der Waals surface area contributed by atoms with E-state index < -0.39 is 0 Å². The van der Waals surface area contributed by atoms with Gasteiger partial charge in [0.25, 0.3) is 0 Å². The Labute approximate surface area is 145 Å². The molecule has 0 fully saturated rings. The van der Waals surface area contributed by atoms with Crippen LogP contribution in [-0.2, 0) is 13.5 Å². The Morgan fingerprint density at radius 1 is 0.609 bits per heavy atom. The van der Waals surface area contributed by atoms with Crippen molar-refractivity contribution in [3.63, 3.8) is 0 Å². The summed E-state index contributed by atoms with van der Waals surface area (Å²) in [5, 5.41) is 0. The first-order valence-electron chi connectivity index (χ1n) is 10.3. The van der Waals surface area contributed by atoms with Gasteiger partial charge in [0.1, 0.15) is 7.05 Å². The quantitative estimate of drug-likeness (QED) is 0.255. The van der Waals surface area contributed by atoms with Crippen molar-refractivity contribution in [2.24, 2.45) is 7.05 Å². The molecule has 0 unspecified atom stereocenters. The summed E-state index contributed by atoms with van der Waals surface area (Å²) in [4.78, 5) is 0. The fourth-order valence-electron chi connectivity index (χ4n) is 3.22. The van der Waals surface area contributed by atoms with Crippen LogP contribution in [0.4, 0.5) is 0 Å².